The molecule has 0 aromatic heterocycles. The number of carbonyl (C=O) groups is 2. The second-order valence-corrected chi connectivity index (χ2v) is 12.3. The van der Waals surface area contributed by atoms with Crippen molar-refractivity contribution in [2.75, 3.05) is 17.9 Å². The van der Waals surface area contributed by atoms with Crippen LogP contribution in [0.1, 0.15) is 22.3 Å². The Morgan fingerprint density at radius 1 is 0.833 bits per heavy atom. The van der Waals surface area contributed by atoms with E-state index in [9.17, 15) is 18.0 Å². The largest absolute Gasteiger partial charge is 0.357 e. The summed E-state index contributed by atoms with van der Waals surface area (Å²) in [5.41, 5.74) is 3.59. The maximum atomic E-state index is 14.4. The van der Waals surface area contributed by atoms with E-state index in [1.165, 1.54) is 30.1 Å². The van der Waals surface area contributed by atoms with E-state index in [1.54, 1.807) is 37.3 Å². The van der Waals surface area contributed by atoms with Crippen LogP contribution in [-0.4, -0.2) is 44.8 Å². The summed E-state index contributed by atoms with van der Waals surface area (Å²) >= 11 is 6.31. The first kappa shape index (κ1) is 30.8. The molecular weight excluding hydrogens is 570 g/mol. The zero-order chi connectivity index (χ0) is 30.3. The molecule has 42 heavy (non-hydrogen) atoms. The van der Waals surface area contributed by atoms with Crippen molar-refractivity contribution < 1.29 is 18.0 Å². The smallest absolute Gasteiger partial charge is 0.264 e. The highest BCUT2D eigenvalue weighted by molar-refractivity contribution is 7.92. The summed E-state index contributed by atoms with van der Waals surface area (Å²) in [6, 6.07) is 29.0. The summed E-state index contributed by atoms with van der Waals surface area (Å²) in [6.07, 6.45) is 0.250. The number of hydrogen-bond acceptors (Lipinski definition) is 4. The minimum absolute atomic E-state index is 0.0368. The van der Waals surface area contributed by atoms with Gasteiger partial charge >= 0.3 is 0 Å². The molecule has 2 amide bonds. The van der Waals surface area contributed by atoms with Gasteiger partial charge in [-0.2, -0.15) is 0 Å². The van der Waals surface area contributed by atoms with E-state index in [-0.39, 0.29) is 29.5 Å². The van der Waals surface area contributed by atoms with Gasteiger partial charge in [-0.1, -0.05) is 90.5 Å². The fourth-order valence-electron chi connectivity index (χ4n) is 4.78. The highest BCUT2D eigenvalue weighted by Crippen LogP contribution is 2.30. The standard InChI is InChI=1S/C33H34ClN3O4S/c1-24-12-10-11-15-27(24)22-36(31(33(39)35-3)20-26-13-6-4-7-14-26)32(38)23-37(30-21-28(34)19-18-25(30)2)42(40,41)29-16-8-5-9-17-29/h4-19,21,31H,20,22-23H2,1-3H3,(H,35,39)/t31-/m0/s1. The van der Waals surface area contributed by atoms with Crippen LogP contribution in [0.25, 0.3) is 0 Å². The first-order chi connectivity index (χ1) is 20.1. The van der Waals surface area contributed by atoms with E-state index in [4.69, 9.17) is 11.6 Å². The molecule has 0 aliphatic heterocycles. The number of likely N-dealkylation sites (N-methyl/N-ethyl adjacent to an activating group) is 1. The van der Waals surface area contributed by atoms with Crippen LogP contribution in [-0.2, 0) is 32.6 Å². The minimum Gasteiger partial charge on any atom is -0.357 e. The van der Waals surface area contributed by atoms with Crippen molar-refractivity contribution in [1.29, 1.82) is 0 Å². The Hall–Kier alpha value is -4.14. The summed E-state index contributed by atoms with van der Waals surface area (Å²) in [4.78, 5) is 29.2. The first-order valence-electron chi connectivity index (χ1n) is 13.5. The zero-order valence-electron chi connectivity index (χ0n) is 23.8. The summed E-state index contributed by atoms with van der Waals surface area (Å²) in [5.74, 6) is -0.876. The number of rotatable bonds is 11. The van der Waals surface area contributed by atoms with Crippen molar-refractivity contribution in [2.45, 2.75) is 37.8 Å². The average Bonchev–Trinajstić information content (AvgIpc) is 3.00. The number of nitrogens with one attached hydrogen (secondary N) is 1. The number of hydrogen-bond donors (Lipinski definition) is 1. The monoisotopic (exact) mass is 603 g/mol. The zero-order valence-corrected chi connectivity index (χ0v) is 25.4. The fourth-order valence-corrected chi connectivity index (χ4v) is 6.43. The molecular formula is C33H34ClN3O4S. The Morgan fingerprint density at radius 3 is 2.10 bits per heavy atom. The second kappa shape index (κ2) is 13.7. The molecule has 7 nitrogen and oxygen atoms in total. The lowest BCUT2D eigenvalue weighted by Gasteiger charge is -2.34. The van der Waals surface area contributed by atoms with E-state index >= 15 is 0 Å². The molecule has 0 spiro atoms. The van der Waals surface area contributed by atoms with Gasteiger partial charge in [0, 0.05) is 25.0 Å². The van der Waals surface area contributed by atoms with Gasteiger partial charge in [0.25, 0.3) is 10.0 Å². The number of nitrogens with zero attached hydrogens (tertiary/aromatic N) is 2. The van der Waals surface area contributed by atoms with Crippen molar-refractivity contribution in [3.63, 3.8) is 0 Å². The Bertz CT molecular complexity index is 1650. The fraction of sp³-hybridized carbons (Fsp3) is 0.212. The molecule has 0 heterocycles. The van der Waals surface area contributed by atoms with Crippen LogP contribution in [0.5, 0.6) is 0 Å². The summed E-state index contributed by atoms with van der Waals surface area (Å²) in [6.45, 7) is 3.28. The predicted molar refractivity (Wildman–Crippen MR) is 167 cm³/mol. The van der Waals surface area contributed by atoms with Gasteiger partial charge in [-0.3, -0.25) is 13.9 Å². The van der Waals surface area contributed by atoms with Gasteiger partial charge in [-0.05, 0) is 60.4 Å². The number of anilines is 1. The lowest BCUT2D eigenvalue weighted by Crippen LogP contribution is -2.53. The van der Waals surface area contributed by atoms with Gasteiger partial charge < -0.3 is 10.2 Å². The van der Waals surface area contributed by atoms with Gasteiger partial charge in [-0.25, -0.2) is 8.42 Å². The quantitative estimate of drug-likeness (QED) is 0.244. The maximum absolute atomic E-state index is 14.4. The van der Waals surface area contributed by atoms with Gasteiger partial charge in [0.15, 0.2) is 0 Å². The van der Waals surface area contributed by atoms with Crippen LogP contribution in [0, 0.1) is 13.8 Å². The molecule has 0 unspecified atom stereocenters. The third-order valence-electron chi connectivity index (χ3n) is 7.17. The minimum atomic E-state index is -4.19. The predicted octanol–water partition coefficient (Wildman–Crippen LogP) is 5.54. The molecule has 0 saturated heterocycles. The number of amides is 2. The molecule has 0 aliphatic carbocycles. The molecule has 0 radical (unpaired) electrons. The molecule has 0 bridgehead atoms. The number of halogens is 1. The molecule has 4 rings (SSSR count). The van der Waals surface area contributed by atoms with Crippen molar-refractivity contribution in [1.82, 2.24) is 10.2 Å². The van der Waals surface area contributed by atoms with E-state index < -0.39 is 28.5 Å². The lowest BCUT2D eigenvalue weighted by atomic mass is 10.0. The highest BCUT2D eigenvalue weighted by atomic mass is 35.5. The molecule has 4 aromatic carbocycles. The average molecular weight is 604 g/mol. The molecule has 218 valence electrons. The molecule has 1 N–H and O–H groups in total. The number of benzene rings is 4. The molecule has 4 aromatic rings. The topological polar surface area (TPSA) is 86.8 Å². The maximum Gasteiger partial charge on any atom is 0.264 e. The van der Waals surface area contributed by atoms with Crippen molar-refractivity contribution in [2.24, 2.45) is 0 Å². The van der Waals surface area contributed by atoms with Crippen LogP contribution in [0.15, 0.2) is 108 Å². The van der Waals surface area contributed by atoms with Crippen LogP contribution in [0.2, 0.25) is 5.02 Å². The van der Waals surface area contributed by atoms with Gasteiger partial charge in [0.2, 0.25) is 11.8 Å². The number of sulfonamides is 1. The van der Waals surface area contributed by atoms with Crippen molar-refractivity contribution >= 4 is 39.1 Å². The number of aryl methyl sites for hydroxylation is 2. The van der Waals surface area contributed by atoms with Crippen molar-refractivity contribution in [3.05, 3.63) is 130 Å². The lowest BCUT2D eigenvalue weighted by molar-refractivity contribution is -0.139. The van der Waals surface area contributed by atoms with E-state index in [0.717, 1.165) is 21.0 Å². The van der Waals surface area contributed by atoms with Crippen LogP contribution >= 0.6 is 11.6 Å². The Kier molecular flexibility index (Phi) is 10.0. The van der Waals surface area contributed by atoms with E-state index in [0.29, 0.717) is 10.6 Å². The van der Waals surface area contributed by atoms with Crippen LogP contribution in [0.3, 0.4) is 0 Å². The molecule has 0 saturated carbocycles. The summed E-state index contributed by atoms with van der Waals surface area (Å²) in [7, 11) is -2.66. The SMILES string of the molecule is CNC(=O)[C@H](Cc1ccccc1)N(Cc1ccccc1C)C(=O)CN(c1cc(Cl)ccc1C)S(=O)(=O)c1ccccc1. The normalized spacial score (nSPS) is 11.9. The second-order valence-electron chi connectivity index (χ2n) is 10.0. The third-order valence-corrected chi connectivity index (χ3v) is 9.18. The van der Waals surface area contributed by atoms with Crippen molar-refractivity contribution in [3.8, 4) is 0 Å². The van der Waals surface area contributed by atoms with Gasteiger partial charge in [0.05, 0.1) is 10.6 Å². The van der Waals surface area contributed by atoms with E-state index in [2.05, 4.69) is 5.32 Å². The Morgan fingerprint density at radius 2 is 1.45 bits per heavy atom. The molecule has 0 fully saturated rings. The van der Waals surface area contributed by atoms with Crippen LogP contribution < -0.4 is 9.62 Å². The highest BCUT2D eigenvalue weighted by Gasteiger charge is 2.35. The third kappa shape index (κ3) is 7.19. The first-order valence-corrected chi connectivity index (χ1v) is 15.4. The Balaban J connectivity index is 1.82. The molecule has 0 aliphatic rings. The molecule has 9 heteroatoms. The van der Waals surface area contributed by atoms with Gasteiger partial charge in [-0.15, -0.1) is 0 Å². The molecule has 1 atom stereocenters. The Labute approximate surface area is 252 Å². The summed E-state index contributed by atoms with van der Waals surface area (Å²) < 4.78 is 29.2. The van der Waals surface area contributed by atoms with Crippen LogP contribution in [0.4, 0.5) is 5.69 Å². The van der Waals surface area contributed by atoms with Gasteiger partial charge in [0.1, 0.15) is 12.6 Å². The summed E-state index contributed by atoms with van der Waals surface area (Å²) in [5, 5.41) is 3.03. The van der Waals surface area contributed by atoms with E-state index in [1.807, 2.05) is 61.5 Å². The number of carbonyl (C=O) groups excluding carboxylic acids is 2.